The molecule has 0 atom stereocenters. The molecule has 2 saturated heterocycles. The first-order valence-corrected chi connectivity index (χ1v) is 10.5. The van der Waals surface area contributed by atoms with Gasteiger partial charge < -0.3 is 20.3 Å². The Bertz CT molecular complexity index is 834. The van der Waals surface area contributed by atoms with Crippen LogP contribution in [0.5, 0.6) is 0 Å². The van der Waals surface area contributed by atoms with Crippen LogP contribution in [0.2, 0.25) is 0 Å². The largest absolute Gasteiger partial charge is 0.378 e. The predicted octanol–water partition coefficient (Wildman–Crippen LogP) is 2.25. The summed E-state index contributed by atoms with van der Waals surface area (Å²) in [6, 6.07) is 4.14. The molecule has 0 unspecified atom stereocenters. The van der Waals surface area contributed by atoms with Crippen LogP contribution in [0, 0.1) is 5.82 Å². The van der Waals surface area contributed by atoms with E-state index in [1.807, 2.05) is 4.90 Å². The lowest BCUT2D eigenvalue weighted by Gasteiger charge is -2.30. The highest BCUT2D eigenvalue weighted by molar-refractivity contribution is 6.07. The van der Waals surface area contributed by atoms with Gasteiger partial charge in [-0.05, 0) is 31.0 Å². The summed E-state index contributed by atoms with van der Waals surface area (Å²) in [5, 5.41) is 5.48. The van der Waals surface area contributed by atoms with E-state index in [1.54, 1.807) is 12.1 Å². The van der Waals surface area contributed by atoms with Crippen molar-refractivity contribution in [3.8, 4) is 0 Å². The van der Waals surface area contributed by atoms with Crippen molar-refractivity contribution >= 4 is 29.2 Å². The number of urea groups is 1. The third kappa shape index (κ3) is 4.12. The molecular weight excluding hydrogens is 391 g/mol. The molecular formula is C21H27FN4O4. The van der Waals surface area contributed by atoms with E-state index in [9.17, 15) is 18.8 Å². The van der Waals surface area contributed by atoms with Crippen molar-refractivity contribution < 1.29 is 23.5 Å². The number of carbonyl (C=O) groups is 3. The molecule has 2 aliphatic heterocycles. The quantitative estimate of drug-likeness (QED) is 0.716. The van der Waals surface area contributed by atoms with Crippen LogP contribution in [0.1, 0.15) is 38.5 Å². The minimum atomic E-state index is -0.787. The van der Waals surface area contributed by atoms with Crippen LogP contribution in [0.25, 0.3) is 0 Å². The van der Waals surface area contributed by atoms with Crippen molar-refractivity contribution in [1.82, 2.24) is 10.2 Å². The van der Waals surface area contributed by atoms with Crippen molar-refractivity contribution in [2.45, 2.75) is 44.1 Å². The minimum absolute atomic E-state index is 0.00654. The lowest BCUT2D eigenvalue weighted by Crippen LogP contribution is -2.48. The molecule has 4 amide bonds. The predicted molar refractivity (Wildman–Crippen MR) is 109 cm³/mol. The number of halogens is 1. The number of morpholine rings is 1. The summed E-state index contributed by atoms with van der Waals surface area (Å²) in [6.07, 6.45) is 4.14. The lowest BCUT2D eigenvalue weighted by molar-refractivity contribution is -0.132. The number of benzene rings is 1. The maximum absolute atomic E-state index is 14.5. The highest BCUT2D eigenvalue weighted by atomic mass is 19.1. The summed E-state index contributed by atoms with van der Waals surface area (Å²) in [5.74, 6) is -1.03. The summed E-state index contributed by atoms with van der Waals surface area (Å²) in [7, 11) is 0. The van der Waals surface area contributed by atoms with E-state index in [1.165, 1.54) is 6.07 Å². The van der Waals surface area contributed by atoms with Gasteiger partial charge in [-0.3, -0.25) is 14.5 Å². The molecule has 1 saturated carbocycles. The van der Waals surface area contributed by atoms with Gasteiger partial charge in [0.25, 0.3) is 5.91 Å². The molecule has 8 nitrogen and oxygen atoms in total. The summed E-state index contributed by atoms with van der Waals surface area (Å²) in [4.78, 5) is 40.4. The van der Waals surface area contributed by atoms with E-state index in [2.05, 4.69) is 10.6 Å². The van der Waals surface area contributed by atoms with Crippen LogP contribution in [0.15, 0.2) is 18.2 Å². The normalized spacial score (nSPS) is 21.1. The van der Waals surface area contributed by atoms with Crippen molar-refractivity contribution in [1.29, 1.82) is 0 Å². The standard InChI is InChI=1S/C21H27FN4O4/c22-16-14-15(4-5-17(16)25-10-12-30-13-11-25)23-18(27)6-9-26-19(28)21(24-20(26)29)7-2-1-3-8-21/h4-5,14H,1-3,6-13H2,(H,23,27)(H,24,29). The first-order chi connectivity index (χ1) is 14.5. The van der Waals surface area contributed by atoms with Crippen LogP contribution in [-0.2, 0) is 14.3 Å². The smallest absolute Gasteiger partial charge is 0.325 e. The molecule has 0 radical (unpaired) electrons. The van der Waals surface area contributed by atoms with Gasteiger partial charge in [0.2, 0.25) is 5.91 Å². The van der Waals surface area contributed by atoms with Gasteiger partial charge in [-0.1, -0.05) is 19.3 Å². The first kappa shape index (κ1) is 20.6. The minimum Gasteiger partial charge on any atom is -0.378 e. The van der Waals surface area contributed by atoms with Crippen LogP contribution >= 0.6 is 0 Å². The van der Waals surface area contributed by atoms with Gasteiger partial charge in [0.15, 0.2) is 0 Å². The van der Waals surface area contributed by atoms with E-state index >= 15 is 0 Å². The third-order valence-corrected chi connectivity index (χ3v) is 6.10. The Morgan fingerprint density at radius 3 is 2.60 bits per heavy atom. The molecule has 2 heterocycles. The summed E-state index contributed by atoms with van der Waals surface area (Å²) in [5.41, 5.74) is 0.0356. The monoisotopic (exact) mass is 418 g/mol. The fraction of sp³-hybridized carbons (Fsp3) is 0.571. The number of hydrogen-bond acceptors (Lipinski definition) is 5. The fourth-order valence-electron chi connectivity index (χ4n) is 4.46. The van der Waals surface area contributed by atoms with Gasteiger partial charge in [0.05, 0.1) is 18.9 Å². The van der Waals surface area contributed by atoms with Crippen LogP contribution < -0.4 is 15.5 Å². The molecule has 162 valence electrons. The second-order valence-corrected chi connectivity index (χ2v) is 8.09. The third-order valence-electron chi connectivity index (χ3n) is 6.10. The van der Waals surface area contributed by atoms with Crippen LogP contribution in [0.3, 0.4) is 0 Å². The number of hydrogen-bond donors (Lipinski definition) is 2. The number of rotatable bonds is 5. The number of carbonyl (C=O) groups excluding carboxylic acids is 3. The molecule has 1 aromatic rings. The van der Waals surface area contributed by atoms with E-state index in [0.717, 1.165) is 24.2 Å². The van der Waals surface area contributed by atoms with Gasteiger partial charge in [0.1, 0.15) is 11.4 Å². The summed E-state index contributed by atoms with van der Waals surface area (Å²) < 4.78 is 19.8. The van der Waals surface area contributed by atoms with Gasteiger partial charge >= 0.3 is 6.03 Å². The van der Waals surface area contributed by atoms with Crippen molar-refractivity contribution in [3.63, 3.8) is 0 Å². The number of anilines is 2. The number of ether oxygens (including phenoxy) is 1. The maximum Gasteiger partial charge on any atom is 0.325 e. The summed E-state index contributed by atoms with van der Waals surface area (Å²) in [6.45, 7) is 2.36. The Morgan fingerprint density at radius 2 is 1.90 bits per heavy atom. The number of nitrogens with one attached hydrogen (secondary N) is 2. The SMILES string of the molecule is O=C(CCN1C(=O)NC2(CCCCC2)C1=O)Nc1ccc(N2CCOCC2)c(F)c1. The molecule has 4 rings (SSSR count). The van der Waals surface area contributed by atoms with Crippen LogP contribution in [-0.4, -0.2) is 61.1 Å². The Kier molecular flexibility index (Phi) is 5.90. The number of nitrogens with zero attached hydrogens (tertiary/aromatic N) is 2. The lowest BCUT2D eigenvalue weighted by atomic mass is 9.82. The average molecular weight is 418 g/mol. The topological polar surface area (TPSA) is 91.0 Å². The first-order valence-electron chi connectivity index (χ1n) is 10.5. The maximum atomic E-state index is 14.5. The van der Waals surface area contributed by atoms with E-state index in [4.69, 9.17) is 4.74 Å². The highest BCUT2D eigenvalue weighted by Gasteiger charge is 2.51. The molecule has 3 fully saturated rings. The average Bonchev–Trinajstić information content (AvgIpc) is 2.96. The van der Waals surface area contributed by atoms with Gasteiger partial charge in [-0.15, -0.1) is 0 Å². The Labute approximate surface area is 174 Å². The zero-order chi connectivity index (χ0) is 21.1. The molecule has 1 spiro atoms. The number of imide groups is 1. The van der Waals surface area contributed by atoms with Crippen molar-refractivity contribution in [2.24, 2.45) is 0 Å². The zero-order valence-corrected chi connectivity index (χ0v) is 16.9. The Balaban J connectivity index is 1.32. The molecule has 1 aromatic carbocycles. The Hall–Kier alpha value is -2.68. The number of amides is 4. The Morgan fingerprint density at radius 1 is 1.17 bits per heavy atom. The van der Waals surface area contributed by atoms with E-state index < -0.39 is 17.4 Å². The molecule has 3 aliphatic rings. The molecule has 1 aliphatic carbocycles. The highest BCUT2D eigenvalue weighted by Crippen LogP contribution is 2.33. The molecule has 30 heavy (non-hydrogen) atoms. The second kappa shape index (κ2) is 8.59. The molecule has 2 N–H and O–H groups in total. The zero-order valence-electron chi connectivity index (χ0n) is 16.9. The van der Waals surface area contributed by atoms with Gasteiger partial charge in [-0.2, -0.15) is 0 Å². The van der Waals surface area contributed by atoms with Gasteiger partial charge in [0, 0.05) is 31.7 Å². The second-order valence-electron chi connectivity index (χ2n) is 8.09. The molecule has 9 heteroatoms. The fourth-order valence-corrected chi connectivity index (χ4v) is 4.46. The van der Waals surface area contributed by atoms with E-state index in [0.29, 0.717) is 50.5 Å². The molecule has 0 aromatic heterocycles. The summed E-state index contributed by atoms with van der Waals surface area (Å²) >= 11 is 0. The van der Waals surface area contributed by atoms with Crippen molar-refractivity contribution in [2.75, 3.05) is 43.1 Å². The molecule has 0 bridgehead atoms. The van der Waals surface area contributed by atoms with E-state index in [-0.39, 0.29) is 24.8 Å². The van der Waals surface area contributed by atoms with Gasteiger partial charge in [-0.25, -0.2) is 9.18 Å². The van der Waals surface area contributed by atoms with Crippen molar-refractivity contribution in [3.05, 3.63) is 24.0 Å². The van der Waals surface area contributed by atoms with Crippen LogP contribution in [0.4, 0.5) is 20.6 Å².